The summed E-state index contributed by atoms with van der Waals surface area (Å²) in [6, 6.07) is 6.99. The van der Waals surface area contributed by atoms with E-state index < -0.39 is 23.6 Å². The van der Waals surface area contributed by atoms with Crippen molar-refractivity contribution in [2.24, 2.45) is 10.8 Å². The van der Waals surface area contributed by atoms with Gasteiger partial charge in [-0.1, -0.05) is 0 Å². The van der Waals surface area contributed by atoms with Gasteiger partial charge in [-0.2, -0.15) is 13.2 Å². The normalized spacial score (nSPS) is 11.6. The fourth-order valence-electron chi connectivity index (χ4n) is 2.38. The number of ether oxygens (including phenoxy) is 1. The van der Waals surface area contributed by atoms with Gasteiger partial charge in [-0.15, -0.1) is 0 Å². The molecule has 30 heavy (non-hydrogen) atoms. The molecule has 0 aliphatic carbocycles. The van der Waals surface area contributed by atoms with Gasteiger partial charge < -0.3 is 20.6 Å². The standard InChI is InChI=1S/C19H17F3N4O4/c1-30-16-9-14(4-2-11(16)3-5-17(27)28)26-18(29)12-6-13(19(20,21)22)8-15(7-12)24-10-25-23/h2-10H,23H2,1H3,(H,24,25)(H,26,29)(H,27,28). The number of carboxylic acid groups (broad SMARTS) is 1. The molecule has 0 radical (unpaired) electrons. The fraction of sp³-hybridized carbons (Fsp3) is 0.105. The van der Waals surface area contributed by atoms with Crippen LogP contribution in [0.2, 0.25) is 0 Å². The number of hydrazine groups is 1. The molecule has 8 nitrogen and oxygen atoms in total. The number of nitrogens with zero attached hydrogens (tertiary/aromatic N) is 1. The third-order valence-electron chi connectivity index (χ3n) is 3.69. The number of aliphatic imine (C=N–C) groups is 1. The lowest BCUT2D eigenvalue weighted by molar-refractivity contribution is -0.137. The number of benzene rings is 2. The van der Waals surface area contributed by atoms with Crippen LogP contribution in [-0.4, -0.2) is 30.4 Å². The highest BCUT2D eigenvalue weighted by atomic mass is 19.4. The van der Waals surface area contributed by atoms with Gasteiger partial charge in [0, 0.05) is 29.0 Å². The molecular formula is C19H17F3N4O4. The van der Waals surface area contributed by atoms with Gasteiger partial charge >= 0.3 is 12.1 Å². The molecule has 158 valence electrons. The maximum atomic E-state index is 13.1. The number of aliphatic carboxylic acids is 1. The lowest BCUT2D eigenvalue weighted by atomic mass is 10.1. The number of rotatable bonds is 7. The van der Waals surface area contributed by atoms with Gasteiger partial charge in [-0.25, -0.2) is 15.6 Å². The number of carboxylic acids is 1. The summed E-state index contributed by atoms with van der Waals surface area (Å²) in [7, 11) is 1.35. The predicted molar refractivity (Wildman–Crippen MR) is 105 cm³/mol. The van der Waals surface area contributed by atoms with Gasteiger partial charge in [0.25, 0.3) is 5.91 Å². The highest BCUT2D eigenvalue weighted by molar-refractivity contribution is 6.05. The van der Waals surface area contributed by atoms with Crippen molar-refractivity contribution < 1.29 is 32.6 Å². The zero-order valence-electron chi connectivity index (χ0n) is 15.5. The van der Waals surface area contributed by atoms with E-state index in [9.17, 15) is 22.8 Å². The Morgan fingerprint density at radius 1 is 1.20 bits per heavy atom. The maximum absolute atomic E-state index is 13.1. The molecule has 0 aliphatic rings. The second-order valence-electron chi connectivity index (χ2n) is 5.77. The Bertz CT molecular complexity index is 1000. The molecule has 2 aromatic carbocycles. The number of nitrogens with two attached hydrogens (primary N) is 1. The van der Waals surface area contributed by atoms with Crippen molar-refractivity contribution in [1.29, 1.82) is 0 Å². The second-order valence-corrected chi connectivity index (χ2v) is 5.77. The lowest BCUT2D eigenvalue weighted by Gasteiger charge is -2.12. The maximum Gasteiger partial charge on any atom is 0.416 e. The molecule has 0 unspecified atom stereocenters. The number of nitrogens with one attached hydrogen (secondary N) is 2. The van der Waals surface area contributed by atoms with Crippen LogP contribution in [0.3, 0.4) is 0 Å². The molecule has 2 rings (SSSR count). The zero-order valence-corrected chi connectivity index (χ0v) is 15.5. The van der Waals surface area contributed by atoms with Gasteiger partial charge in [-0.05, 0) is 36.4 Å². The highest BCUT2D eigenvalue weighted by Crippen LogP contribution is 2.33. The summed E-state index contributed by atoms with van der Waals surface area (Å²) in [4.78, 5) is 26.9. The Balaban J connectivity index is 2.35. The number of halogens is 3. The summed E-state index contributed by atoms with van der Waals surface area (Å²) < 4.78 is 44.6. The SMILES string of the molecule is COc1cc(NC(=O)c2cc(N=CNN)cc(C(F)(F)F)c2)ccc1C=CC(=O)O. The number of hydrogen-bond donors (Lipinski definition) is 4. The molecule has 0 heterocycles. The molecule has 0 atom stereocenters. The van der Waals surface area contributed by atoms with E-state index >= 15 is 0 Å². The van der Waals surface area contributed by atoms with Crippen molar-refractivity contribution in [3.05, 3.63) is 59.2 Å². The van der Waals surface area contributed by atoms with Crippen LogP contribution >= 0.6 is 0 Å². The Kier molecular flexibility index (Phi) is 7.15. The van der Waals surface area contributed by atoms with E-state index in [1.54, 1.807) is 0 Å². The number of alkyl halides is 3. The van der Waals surface area contributed by atoms with Crippen LogP contribution in [0.1, 0.15) is 21.5 Å². The number of carbonyl (C=O) groups is 2. The molecule has 0 aliphatic heterocycles. The monoisotopic (exact) mass is 422 g/mol. The predicted octanol–water partition coefficient (Wildman–Crippen LogP) is 3.19. The lowest BCUT2D eigenvalue weighted by Crippen LogP contribution is -2.18. The first-order chi connectivity index (χ1) is 14.1. The molecule has 0 spiro atoms. The molecule has 2 aromatic rings. The number of carbonyl (C=O) groups excluding carboxylic acids is 1. The topological polar surface area (TPSA) is 126 Å². The number of methoxy groups -OCH3 is 1. The van der Waals surface area contributed by atoms with Crippen LogP contribution in [0.25, 0.3) is 6.08 Å². The van der Waals surface area contributed by atoms with Crippen LogP contribution in [0.5, 0.6) is 5.75 Å². The molecular weight excluding hydrogens is 405 g/mol. The minimum atomic E-state index is -4.68. The van der Waals surface area contributed by atoms with Crippen molar-refractivity contribution in [3.8, 4) is 5.75 Å². The van der Waals surface area contributed by atoms with Gasteiger partial charge in [-0.3, -0.25) is 4.79 Å². The fourth-order valence-corrected chi connectivity index (χ4v) is 2.38. The van der Waals surface area contributed by atoms with Crippen LogP contribution in [0, 0.1) is 0 Å². The first-order valence-corrected chi connectivity index (χ1v) is 8.25. The molecule has 1 amide bonds. The van der Waals surface area contributed by atoms with Gasteiger partial charge in [0.2, 0.25) is 0 Å². The van der Waals surface area contributed by atoms with Crippen molar-refractivity contribution in [3.63, 3.8) is 0 Å². The average molecular weight is 422 g/mol. The largest absolute Gasteiger partial charge is 0.496 e. The first kappa shape index (κ1) is 22.4. The summed E-state index contributed by atoms with van der Waals surface area (Å²) in [6.45, 7) is 0. The van der Waals surface area contributed by atoms with E-state index in [1.165, 1.54) is 37.5 Å². The molecule has 11 heteroatoms. The Hall–Kier alpha value is -3.86. The second kappa shape index (κ2) is 9.56. The smallest absolute Gasteiger partial charge is 0.416 e. The summed E-state index contributed by atoms with van der Waals surface area (Å²) >= 11 is 0. The van der Waals surface area contributed by atoms with Gasteiger partial charge in [0.15, 0.2) is 0 Å². The van der Waals surface area contributed by atoms with E-state index in [4.69, 9.17) is 15.7 Å². The minimum Gasteiger partial charge on any atom is -0.496 e. The van der Waals surface area contributed by atoms with E-state index in [-0.39, 0.29) is 22.7 Å². The quantitative estimate of drug-likeness (QED) is 0.179. The number of anilines is 1. The van der Waals surface area contributed by atoms with Crippen molar-refractivity contribution in [1.82, 2.24) is 5.43 Å². The third kappa shape index (κ3) is 6.07. The van der Waals surface area contributed by atoms with Gasteiger partial charge in [0.05, 0.1) is 18.4 Å². The van der Waals surface area contributed by atoms with Crippen molar-refractivity contribution in [2.45, 2.75) is 6.18 Å². The van der Waals surface area contributed by atoms with Crippen molar-refractivity contribution >= 4 is 35.7 Å². The number of amides is 1. The van der Waals surface area contributed by atoms with Crippen LogP contribution in [0.4, 0.5) is 24.5 Å². The zero-order chi connectivity index (χ0) is 22.3. The third-order valence-corrected chi connectivity index (χ3v) is 3.69. The molecule has 0 aromatic heterocycles. The van der Waals surface area contributed by atoms with Crippen LogP contribution < -0.4 is 21.3 Å². The van der Waals surface area contributed by atoms with Crippen molar-refractivity contribution in [2.75, 3.05) is 12.4 Å². The highest BCUT2D eigenvalue weighted by Gasteiger charge is 2.31. The molecule has 0 saturated carbocycles. The summed E-state index contributed by atoms with van der Waals surface area (Å²) in [6.07, 6.45) is -1.49. The molecule has 0 bridgehead atoms. The van der Waals surface area contributed by atoms with E-state index in [1.807, 2.05) is 0 Å². The molecule has 0 saturated heterocycles. The van der Waals surface area contributed by atoms with E-state index in [0.29, 0.717) is 11.6 Å². The summed E-state index contributed by atoms with van der Waals surface area (Å²) in [5.41, 5.74) is 1.28. The minimum absolute atomic E-state index is 0.125. The Morgan fingerprint density at radius 2 is 1.93 bits per heavy atom. The molecule has 0 fully saturated rings. The van der Waals surface area contributed by atoms with E-state index in [2.05, 4.69) is 15.7 Å². The summed E-state index contributed by atoms with van der Waals surface area (Å²) in [5, 5.41) is 11.2. The van der Waals surface area contributed by atoms with E-state index in [0.717, 1.165) is 18.5 Å². The Morgan fingerprint density at radius 3 is 2.53 bits per heavy atom. The first-order valence-electron chi connectivity index (χ1n) is 8.25. The van der Waals surface area contributed by atoms with Crippen LogP contribution in [-0.2, 0) is 11.0 Å². The average Bonchev–Trinajstić information content (AvgIpc) is 2.70. The number of hydrogen-bond acceptors (Lipinski definition) is 5. The summed E-state index contributed by atoms with van der Waals surface area (Å²) in [5.74, 6) is 3.32. The molecule has 5 N–H and O–H groups in total. The van der Waals surface area contributed by atoms with Crippen LogP contribution in [0.15, 0.2) is 47.5 Å². The Labute approximate surface area is 168 Å². The van der Waals surface area contributed by atoms with Gasteiger partial charge in [0.1, 0.15) is 12.1 Å².